The first-order chi connectivity index (χ1) is 14.6. The van der Waals surface area contributed by atoms with Crippen LogP contribution in [-0.4, -0.2) is 49.3 Å². The number of hydrogen-bond acceptors (Lipinski definition) is 4. The fourth-order valence-corrected chi connectivity index (χ4v) is 3.91. The van der Waals surface area contributed by atoms with Crippen molar-refractivity contribution in [1.82, 2.24) is 0 Å². The highest BCUT2D eigenvalue weighted by Crippen LogP contribution is 2.29. The maximum absolute atomic E-state index is 13.0. The van der Waals surface area contributed by atoms with Gasteiger partial charge in [0.2, 0.25) is 0 Å². The highest BCUT2D eigenvalue weighted by atomic mass is 16.5. The van der Waals surface area contributed by atoms with Crippen molar-refractivity contribution in [3.8, 4) is 5.75 Å². The Labute approximate surface area is 178 Å². The molecule has 1 fully saturated rings. The molecule has 1 saturated heterocycles. The lowest BCUT2D eigenvalue weighted by atomic mass is 10.1. The number of para-hydroxylation sites is 1. The number of benzene rings is 2. The molecule has 0 aromatic heterocycles. The smallest absolute Gasteiger partial charge is 0.338 e. The van der Waals surface area contributed by atoms with E-state index >= 15 is 0 Å². The summed E-state index contributed by atoms with van der Waals surface area (Å²) in [4.78, 5) is 25.6. The molecule has 1 amide bonds. The normalized spacial score (nSPS) is 16.3. The summed E-state index contributed by atoms with van der Waals surface area (Å²) in [5.74, 6) is -0.115. The molecule has 1 atom stereocenters. The number of quaternary nitrogens is 1. The lowest BCUT2D eigenvalue weighted by Gasteiger charge is -2.51. The Morgan fingerprint density at radius 2 is 1.67 bits per heavy atom. The fourth-order valence-electron chi connectivity index (χ4n) is 3.91. The molecule has 1 aliphatic rings. The van der Waals surface area contributed by atoms with Gasteiger partial charge in [-0.05, 0) is 49.9 Å². The molecule has 2 aromatic rings. The van der Waals surface area contributed by atoms with E-state index in [9.17, 15) is 9.59 Å². The molecule has 30 heavy (non-hydrogen) atoms. The minimum atomic E-state index is -0.339. The van der Waals surface area contributed by atoms with Gasteiger partial charge in [0, 0.05) is 5.56 Å². The highest BCUT2D eigenvalue weighted by molar-refractivity contribution is 6.04. The first kappa shape index (κ1) is 21.8. The predicted octanol–water partition coefficient (Wildman–Crippen LogP) is 4.76. The van der Waals surface area contributed by atoms with Gasteiger partial charge in [-0.3, -0.25) is 0 Å². The Bertz CT molecular complexity index is 847. The Kier molecular flexibility index (Phi) is 7.46. The van der Waals surface area contributed by atoms with E-state index in [1.807, 2.05) is 37.3 Å². The van der Waals surface area contributed by atoms with Crippen molar-refractivity contribution < 1.29 is 23.7 Å². The lowest BCUT2D eigenvalue weighted by molar-refractivity contribution is -0.896. The van der Waals surface area contributed by atoms with Crippen LogP contribution in [0.5, 0.6) is 5.75 Å². The summed E-state index contributed by atoms with van der Waals surface area (Å²) in [5.41, 5.74) is 5.63. The number of hydrogen-bond donors (Lipinski definition) is 0. The number of carbonyl (C=O) groups is 2. The van der Waals surface area contributed by atoms with E-state index < -0.39 is 0 Å². The van der Waals surface area contributed by atoms with Crippen LogP contribution in [0.2, 0.25) is 0 Å². The summed E-state index contributed by atoms with van der Waals surface area (Å²) in [6.07, 6.45) is 3.46. The van der Waals surface area contributed by atoms with E-state index in [4.69, 9.17) is 9.47 Å². The van der Waals surface area contributed by atoms with Crippen LogP contribution in [0.4, 0.5) is 0 Å². The van der Waals surface area contributed by atoms with Crippen LogP contribution in [0, 0.1) is 0 Å². The Balaban J connectivity index is 1.75. The van der Waals surface area contributed by atoms with E-state index in [1.54, 1.807) is 31.4 Å². The number of methoxy groups -OCH3 is 1. The molecule has 1 unspecified atom stereocenters. The van der Waals surface area contributed by atoms with Crippen LogP contribution in [0.3, 0.4) is 0 Å². The number of nitrogens with zero attached hydrogens (tertiary/aromatic N) is 2. The molecule has 160 valence electrons. The average Bonchev–Trinajstić information content (AvgIpc) is 2.79. The number of piperidine rings is 1. The third kappa shape index (κ3) is 5.39. The fraction of sp³-hybridized carbons (Fsp3) is 0.417. The van der Waals surface area contributed by atoms with Crippen molar-refractivity contribution in [1.29, 1.82) is 0 Å². The predicted molar refractivity (Wildman–Crippen MR) is 115 cm³/mol. The number of rotatable bonds is 8. The second-order valence-electron chi connectivity index (χ2n) is 7.69. The van der Waals surface area contributed by atoms with Gasteiger partial charge in [0.25, 0.3) is 0 Å². The molecule has 1 aliphatic heterocycles. The molecule has 6 heteroatoms. The van der Waals surface area contributed by atoms with Crippen molar-refractivity contribution in [3.63, 3.8) is 0 Å². The lowest BCUT2D eigenvalue weighted by Crippen LogP contribution is -2.53. The van der Waals surface area contributed by atoms with Gasteiger partial charge in [-0.1, -0.05) is 37.3 Å². The number of likely N-dealkylation sites (tertiary alicyclic amines) is 1. The van der Waals surface area contributed by atoms with Crippen molar-refractivity contribution in [2.45, 2.75) is 38.7 Å². The van der Waals surface area contributed by atoms with Gasteiger partial charge in [0.05, 0.1) is 25.8 Å². The summed E-state index contributed by atoms with van der Waals surface area (Å²) in [5, 5.41) is 0. The maximum Gasteiger partial charge on any atom is 0.338 e. The maximum atomic E-state index is 13.0. The summed E-state index contributed by atoms with van der Waals surface area (Å²) in [6, 6.07) is 16.1. The standard InChI is InChI=1S/C24H30N2O4/c1-3-20(30-24(28)19-12-6-4-7-13-19)18-26(16-10-5-11-17-26)25-23(27)21-14-8-9-15-22(21)29-2/h4,6-9,12-15,20H,3,5,10-11,16-18H2,1-2H3. The second kappa shape index (κ2) is 10.3. The van der Waals surface area contributed by atoms with Crippen molar-refractivity contribution >= 4 is 11.9 Å². The van der Waals surface area contributed by atoms with Crippen LogP contribution in [-0.2, 0) is 4.74 Å². The molecule has 0 aliphatic carbocycles. The molecule has 0 bridgehead atoms. The molecule has 0 radical (unpaired) electrons. The quantitative estimate of drug-likeness (QED) is 0.465. The Hall–Kier alpha value is -2.86. The van der Waals surface area contributed by atoms with Crippen LogP contribution in [0.1, 0.15) is 53.3 Å². The molecule has 0 N–H and O–H groups in total. The minimum absolute atomic E-state index is 0.289. The van der Waals surface area contributed by atoms with Crippen LogP contribution >= 0.6 is 0 Å². The topological polar surface area (TPSA) is 66.7 Å². The van der Waals surface area contributed by atoms with Gasteiger partial charge in [0.1, 0.15) is 18.2 Å². The SMILES string of the molecule is CCC(C[N+]1([N-]C(=O)c2ccccc2OC)CCCCC1)OC(=O)c1ccccc1. The van der Waals surface area contributed by atoms with Crippen molar-refractivity contribution in [2.24, 2.45) is 0 Å². The minimum Gasteiger partial charge on any atom is -0.496 e. The highest BCUT2D eigenvalue weighted by Gasteiger charge is 2.30. The summed E-state index contributed by atoms with van der Waals surface area (Å²) in [7, 11) is 1.55. The zero-order chi connectivity index (χ0) is 21.4. The molecule has 3 rings (SSSR count). The molecular formula is C24H30N2O4. The van der Waals surface area contributed by atoms with E-state index in [1.165, 1.54) is 0 Å². The number of esters is 1. The Morgan fingerprint density at radius 1 is 1.00 bits per heavy atom. The van der Waals surface area contributed by atoms with Crippen LogP contribution in [0.25, 0.3) is 5.43 Å². The Morgan fingerprint density at radius 3 is 2.33 bits per heavy atom. The number of amides is 1. The molecular weight excluding hydrogens is 380 g/mol. The summed E-state index contributed by atoms with van der Waals surface area (Å²) >= 11 is 0. The van der Waals surface area contributed by atoms with Crippen LogP contribution in [0.15, 0.2) is 54.6 Å². The van der Waals surface area contributed by atoms with E-state index in [0.717, 1.165) is 32.4 Å². The van der Waals surface area contributed by atoms with Crippen molar-refractivity contribution in [3.05, 3.63) is 71.1 Å². The zero-order valence-corrected chi connectivity index (χ0v) is 17.8. The summed E-state index contributed by atoms with van der Waals surface area (Å²) < 4.78 is 11.4. The zero-order valence-electron chi connectivity index (χ0n) is 17.8. The molecule has 1 heterocycles. The number of carbonyl (C=O) groups excluding carboxylic acids is 2. The average molecular weight is 411 g/mol. The first-order valence-corrected chi connectivity index (χ1v) is 10.6. The molecule has 6 nitrogen and oxygen atoms in total. The molecule has 0 saturated carbocycles. The van der Waals surface area contributed by atoms with Gasteiger partial charge in [-0.2, -0.15) is 0 Å². The van der Waals surface area contributed by atoms with Gasteiger partial charge in [-0.25, -0.2) is 4.79 Å². The molecule has 0 spiro atoms. The largest absolute Gasteiger partial charge is 0.496 e. The van der Waals surface area contributed by atoms with Gasteiger partial charge in [-0.15, -0.1) is 0 Å². The van der Waals surface area contributed by atoms with E-state index in [0.29, 0.717) is 29.8 Å². The summed E-state index contributed by atoms with van der Waals surface area (Å²) in [6.45, 7) is 4.02. The monoisotopic (exact) mass is 410 g/mol. The van der Waals surface area contributed by atoms with Crippen LogP contribution < -0.4 is 4.74 Å². The first-order valence-electron chi connectivity index (χ1n) is 10.6. The van der Waals surface area contributed by atoms with Gasteiger partial charge in [0.15, 0.2) is 6.10 Å². The van der Waals surface area contributed by atoms with E-state index in [2.05, 4.69) is 5.43 Å². The third-order valence-electron chi connectivity index (χ3n) is 5.57. The van der Waals surface area contributed by atoms with E-state index in [-0.39, 0.29) is 22.6 Å². The second-order valence-corrected chi connectivity index (χ2v) is 7.69. The number of ether oxygens (including phenoxy) is 2. The van der Waals surface area contributed by atoms with Gasteiger partial charge >= 0.3 is 5.97 Å². The molecule has 2 aromatic carbocycles. The van der Waals surface area contributed by atoms with Gasteiger partial charge < -0.3 is 24.3 Å². The van der Waals surface area contributed by atoms with Crippen molar-refractivity contribution in [2.75, 3.05) is 26.7 Å². The third-order valence-corrected chi connectivity index (χ3v) is 5.57.